The first-order valence-electron chi connectivity index (χ1n) is 6.65. The Balaban J connectivity index is 2.07. The van der Waals surface area contributed by atoms with Crippen molar-refractivity contribution in [3.8, 4) is 0 Å². The zero-order valence-electron chi connectivity index (χ0n) is 11.0. The van der Waals surface area contributed by atoms with Crippen molar-refractivity contribution in [2.24, 2.45) is 0 Å². The smallest absolute Gasteiger partial charge is 0.338 e. The number of hydrogen-bond donors (Lipinski definition) is 3. The SMILES string of the molecule is O=C(O)c1cc(NC(=O)C2CCCCCN2)ccc1F. The number of carbonyl (C=O) groups is 2. The van der Waals surface area contributed by atoms with Crippen LogP contribution in [0.4, 0.5) is 10.1 Å². The predicted octanol–water partition coefficient (Wildman–Crippen LogP) is 1.99. The van der Waals surface area contributed by atoms with Crippen molar-refractivity contribution in [3.63, 3.8) is 0 Å². The van der Waals surface area contributed by atoms with Crippen LogP contribution in [-0.2, 0) is 4.79 Å². The zero-order chi connectivity index (χ0) is 14.5. The van der Waals surface area contributed by atoms with E-state index >= 15 is 0 Å². The van der Waals surface area contributed by atoms with E-state index in [1.165, 1.54) is 6.07 Å². The first-order chi connectivity index (χ1) is 9.58. The number of halogens is 1. The van der Waals surface area contributed by atoms with Crippen LogP contribution in [0.2, 0.25) is 0 Å². The molecule has 1 aliphatic rings. The lowest BCUT2D eigenvalue weighted by Crippen LogP contribution is -2.39. The van der Waals surface area contributed by atoms with E-state index in [-0.39, 0.29) is 11.9 Å². The summed E-state index contributed by atoms with van der Waals surface area (Å²) in [7, 11) is 0. The Labute approximate surface area is 116 Å². The summed E-state index contributed by atoms with van der Waals surface area (Å²) >= 11 is 0. The number of carboxylic acid groups (broad SMARTS) is 1. The molecule has 0 saturated carbocycles. The van der Waals surface area contributed by atoms with E-state index in [9.17, 15) is 14.0 Å². The monoisotopic (exact) mass is 280 g/mol. The third-order valence-corrected chi connectivity index (χ3v) is 3.34. The van der Waals surface area contributed by atoms with Gasteiger partial charge < -0.3 is 15.7 Å². The molecule has 0 bridgehead atoms. The molecule has 1 aliphatic heterocycles. The van der Waals surface area contributed by atoms with Gasteiger partial charge in [-0.3, -0.25) is 4.79 Å². The van der Waals surface area contributed by atoms with E-state index in [0.29, 0.717) is 5.69 Å². The van der Waals surface area contributed by atoms with Gasteiger partial charge in [-0.05, 0) is 37.6 Å². The van der Waals surface area contributed by atoms with Crippen LogP contribution in [0.1, 0.15) is 36.0 Å². The molecule has 5 nitrogen and oxygen atoms in total. The first kappa shape index (κ1) is 14.5. The number of benzene rings is 1. The fraction of sp³-hybridized carbons (Fsp3) is 0.429. The molecular formula is C14H17FN2O3. The Kier molecular flexibility index (Phi) is 4.68. The van der Waals surface area contributed by atoms with Crippen molar-refractivity contribution >= 4 is 17.6 Å². The first-order valence-corrected chi connectivity index (χ1v) is 6.65. The summed E-state index contributed by atoms with van der Waals surface area (Å²) in [5, 5.41) is 14.6. The second-order valence-corrected chi connectivity index (χ2v) is 4.85. The van der Waals surface area contributed by atoms with Gasteiger partial charge in [0.15, 0.2) is 0 Å². The van der Waals surface area contributed by atoms with Gasteiger partial charge in [-0.15, -0.1) is 0 Å². The summed E-state index contributed by atoms with van der Waals surface area (Å²) in [6, 6.07) is 3.25. The van der Waals surface area contributed by atoms with Crippen LogP contribution >= 0.6 is 0 Å². The number of carboxylic acids is 1. The lowest BCUT2D eigenvalue weighted by molar-refractivity contribution is -0.118. The molecule has 108 valence electrons. The van der Waals surface area contributed by atoms with Crippen LogP contribution in [0.5, 0.6) is 0 Å². The summed E-state index contributed by atoms with van der Waals surface area (Å²) in [5.74, 6) is -2.39. The highest BCUT2D eigenvalue weighted by molar-refractivity contribution is 5.96. The molecule has 1 atom stereocenters. The van der Waals surface area contributed by atoms with Crippen molar-refractivity contribution in [1.82, 2.24) is 5.32 Å². The van der Waals surface area contributed by atoms with Crippen molar-refractivity contribution in [2.75, 3.05) is 11.9 Å². The molecule has 0 aromatic heterocycles. The number of nitrogens with one attached hydrogen (secondary N) is 2. The standard InChI is InChI=1S/C14H17FN2O3/c15-11-6-5-9(8-10(11)14(19)20)17-13(18)12-4-2-1-3-7-16-12/h5-6,8,12,16H,1-4,7H2,(H,17,18)(H,19,20). The second-order valence-electron chi connectivity index (χ2n) is 4.85. The van der Waals surface area contributed by atoms with Gasteiger partial charge in [0.1, 0.15) is 5.82 Å². The number of aromatic carboxylic acids is 1. The molecule has 1 amide bonds. The van der Waals surface area contributed by atoms with E-state index in [1.54, 1.807) is 0 Å². The average Bonchev–Trinajstić information content (AvgIpc) is 2.69. The van der Waals surface area contributed by atoms with E-state index < -0.39 is 17.3 Å². The van der Waals surface area contributed by atoms with Gasteiger partial charge in [0, 0.05) is 5.69 Å². The molecule has 1 saturated heterocycles. The van der Waals surface area contributed by atoms with Crippen LogP contribution in [0.25, 0.3) is 0 Å². The summed E-state index contributed by atoms with van der Waals surface area (Å²) in [6.07, 6.45) is 3.87. The predicted molar refractivity (Wildman–Crippen MR) is 72.2 cm³/mol. The number of rotatable bonds is 3. The summed E-state index contributed by atoms with van der Waals surface area (Å²) < 4.78 is 13.3. The molecule has 0 spiro atoms. The molecule has 6 heteroatoms. The number of amides is 1. The van der Waals surface area contributed by atoms with Gasteiger partial charge in [-0.1, -0.05) is 12.8 Å². The van der Waals surface area contributed by atoms with E-state index in [2.05, 4.69) is 10.6 Å². The van der Waals surface area contributed by atoms with Crippen molar-refractivity contribution < 1.29 is 19.1 Å². The van der Waals surface area contributed by atoms with Gasteiger partial charge in [-0.2, -0.15) is 0 Å². The molecule has 0 radical (unpaired) electrons. The minimum Gasteiger partial charge on any atom is -0.478 e. The molecule has 1 aromatic rings. The lowest BCUT2D eigenvalue weighted by atomic mass is 10.1. The minimum atomic E-state index is -1.36. The third-order valence-electron chi connectivity index (χ3n) is 3.34. The van der Waals surface area contributed by atoms with Crippen LogP contribution in [-0.4, -0.2) is 29.6 Å². The molecule has 0 aliphatic carbocycles. The molecule has 1 aromatic carbocycles. The molecule has 1 unspecified atom stereocenters. The van der Waals surface area contributed by atoms with Gasteiger partial charge in [0.25, 0.3) is 0 Å². The topological polar surface area (TPSA) is 78.4 Å². The molecule has 3 N–H and O–H groups in total. The van der Waals surface area contributed by atoms with Crippen LogP contribution in [0, 0.1) is 5.82 Å². The van der Waals surface area contributed by atoms with Crippen LogP contribution in [0.15, 0.2) is 18.2 Å². The number of carbonyl (C=O) groups excluding carboxylic acids is 1. The normalized spacial score (nSPS) is 19.1. The quantitative estimate of drug-likeness (QED) is 0.791. The van der Waals surface area contributed by atoms with Gasteiger partial charge >= 0.3 is 5.97 Å². The largest absolute Gasteiger partial charge is 0.478 e. The summed E-state index contributed by atoms with van der Waals surface area (Å²) in [4.78, 5) is 22.9. The third kappa shape index (κ3) is 3.54. The molecule has 1 heterocycles. The minimum absolute atomic E-state index is 0.213. The number of hydrogen-bond acceptors (Lipinski definition) is 3. The second kappa shape index (κ2) is 6.47. The Morgan fingerprint density at radius 2 is 2.10 bits per heavy atom. The van der Waals surface area contributed by atoms with E-state index in [1.807, 2.05) is 0 Å². The number of anilines is 1. The average molecular weight is 280 g/mol. The zero-order valence-corrected chi connectivity index (χ0v) is 11.0. The summed E-state index contributed by atoms with van der Waals surface area (Å²) in [5.41, 5.74) is -0.156. The fourth-order valence-corrected chi connectivity index (χ4v) is 2.25. The Hall–Kier alpha value is -1.95. The van der Waals surface area contributed by atoms with E-state index in [0.717, 1.165) is 44.4 Å². The highest BCUT2D eigenvalue weighted by Gasteiger charge is 2.20. The van der Waals surface area contributed by atoms with Gasteiger partial charge in [0.05, 0.1) is 11.6 Å². The van der Waals surface area contributed by atoms with Gasteiger partial charge in [-0.25, -0.2) is 9.18 Å². The maximum atomic E-state index is 13.3. The van der Waals surface area contributed by atoms with E-state index in [4.69, 9.17) is 5.11 Å². The maximum Gasteiger partial charge on any atom is 0.338 e. The molecule has 20 heavy (non-hydrogen) atoms. The molecular weight excluding hydrogens is 263 g/mol. The summed E-state index contributed by atoms with van der Waals surface area (Å²) in [6.45, 7) is 0.794. The van der Waals surface area contributed by atoms with Crippen molar-refractivity contribution in [1.29, 1.82) is 0 Å². The van der Waals surface area contributed by atoms with Crippen molar-refractivity contribution in [3.05, 3.63) is 29.6 Å². The molecule has 2 rings (SSSR count). The van der Waals surface area contributed by atoms with Crippen molar-refractivity contribution in [2.45, 2.75) is 31.7 Å². The highest BCUT2D eigenvalue weighted by Crippen LogP contribution is 2.16. The Morgan fingerprint density at radius 3 is 2.85 bits per heavy atom. The van der Waals surface area contributed by atoms with Crippen LogP contribution < -0.4 is 10.6 Å². The molecule has 1 fully saturated rings. The highest BCUT2D eigenvalue weighted by atomic mass is 19.1. The lowest BCUT2D eigenvalue weighted by Gasteiger charge is -2.15. The maximum absolute atomic E-state index is 13.3. The Bertz CT molecular complexity index is 511. The van der Waals surface area contributed by atoms with Gasteiger partial charge in [0.2, 0.25) is 5.91 Å². The van der Waals surface area contributed by atoms with Crippen LogP contribution in [0.3, 0.4) is 0 Å². The Morgan fingerprint density at radius 1 is 1.30 bits per heavy atom. The fourth-order valence-electron chi connectivity index (χ4n) is 2.25.